The van der Waals surface area contributed by atoms with Crippen molar-refractivity contribution >= 4 is 76.5 Å². The Morgan fingerprint density at radius 2 is 0.836 bits per heavy atom. The van der Waals surface area contributed by atoms with Gasteiger partial charge in [-0.2, -0.15) is 0 Å². The van der Waals surface area contributed by atoms with Crippen molar-refractivity contribution in [3.05, 3.63) is 182 Å². The van der Waals surface area contributed by atoms with Gasteiger partial charge in [-0.15, -0.1) is 0 Å². The summed E-state index contributed by atoms with van der Waals surface area (Å²) in [5.74, 6) is 2.28. The van der Waals surface area contributed by atoms with Crippen LogP contribution < -0.4 is 0 Å². The molecule has 0 saturated heterocycles. The molecule has 9 aromatic carbocycles. The molecule has 0 bridgehead atoms. The maximum absolute atomic E-state index is 6.66. The Labute approximate surface area is 347 Å². The summed E-state index contributed by atoms with van der Waals surface area (Å²) in [6, 6.07) is 61.9. The van der Waals surface area contributed by atoms with E-state index in [0.29, 0.717) is 28.9 Å². The maximum atomic E-state index is 6.66. The summed E-state index contributed by atoms with van der Waals surface area (Å²) in [4.78, 5) is 20.4. The van der Waals surface area contributed by atoms with Gasteiger partial charge in [-0.3, -0.25) is 0 Å². The minimum atomic E-state index is 0.484. The van der Waals surface area contributed by atoms with Gasteiger partial charge in [-0.25, -0.2) is 19.9 Å². The zero-order valence-electron chi connectivity index (χ0n) is 32.3. The Kier molecular flexibility index (Phi) is 7.17. The smallest absolute Gasteiger partial charge is 0.231 e. The van der Waals surface area contributed by atoms with Gasteiger partial charge in [-0.05, 0) is 63.5 Å². The zero-order chi connectivity index (χ0) is 40.0. The Morgan fingerprint density at radius 1 is 0.311 bits per heavy atom. The number of hydrogen-bond donors (Lipinski definition) is 0. The lowest BCUT2D eigenvalue weighted by Gasteiger charge is -2.10. The molecule has 0 fully saturated rings. The predicted molar refractivity (Wildman–Crippen MR) is 244 cm³/mol. The zero-order valence-corrected chi connectivity index (χ0v) is 32.3. The Balaban J connectivity index is 0.958. The largest absolute Gasteiger partial charge is 0.455 e. The summed E-state index contributed by atoms with van der Waals surface area (Å²) >= 11 is 0. The fourth-order valence-electron chi connectivity index (χ4n) is 8.74. The number of fused-ring (bicyclic) bond motifs is 10. The van der Waals surface area contributed by atoms with Crippen molar-refractivity contribution in [1.29, 1.82) is 0 Å². The molecule has 284 valence electrons. The molecule has 0 amide bonds. The first-order chi connectivity index (χ1) is 30.2. The number of hydrogen-bond acceptors (Lipinski definition) is 7. The summed E-state index contributed by atoms with van der Waals surface area (Å²) in [7, 11) is 0. The Morgan fingerprint density at radius 3 is 1.52 bits per heavy atom. The van der Waals surface area contributed by atoms with Gasteiger partial charge in [-0.1, -0.05) is 146 Å². The lowest BCUT2D eigenvalue weighted by Crippen LogP contribution is -2.00. The first-order valence-electron chi connectivity index (χ1n) is 20.2. The van der Waals surface area contributed by atoms with Crippen LogP contribution >= 0.6 is 0 Å². The van der Waals surface area contributed by atoms with Crippen molar-refractivity contribution < 1.29 is 13.3 Å². The topological polar surface area (TPSA) is 91.0 Å². The fourth-order valence-corrected chi connectivity index (χ4v) is 8.74. The van der Waals surface area contributed by atoms with E-state index in [9.17, 15) is 0 Å². The second kappa shape index (κ2) is 13.0. The molecule has 0 aliphatic heterocycles. The highest BCUT2D eigenvalue weighted by Crippen LogP contribution is 2.44. The number of furan rings is 2. The number of oxazole rings is 1. The summed E-state index contributed by atoms with van der Waals surface area (Å²) in [5, 5.41) is 8.50. The van der Waals surface area contributed by atoms with Crippen LogP contribution in [0.1, 0.15) is 0 Å². The van der Waals surface area contributed by atoms with E-state index in [1.165, 1.54) is 0 Å². The van der Waals surface area contributed by atoms with Crippen LogP contribution in [0.25, 0.3) is 133 Å². The van der Waals surface area contributed by atoms with Gasteiger partial charge in [0.05, 0.1) is 10.9 Å². The van der Waals surface area contributed by atoms with Crippen molar-refractivity contribution in [2.24, 2.45) is 0 Å². The van der Waals surface area contributed by atoms with Crippen LogP contribution in [-0.4, -0.2) is 19.9 Å². The molecule has 0 unspecified atom stereocenters. The minimum absolute atomic E-state index is 0.484. The monoisotopic (exact) mass is 782 g/mol. The highest BCUT2D eigenvalue weighted by atomic mass is 16.4. The molecule has 7 heteroatoms. The van der Waals surface area contributed by atoms with Gasteiger partial charge in [0.25, 0.3) is 0 Å². The third-order valence-corrected chi connectivity index (χ3v) is 11.7. The van der Waals surface area contributed by atoms with Crippen molar-refractivity contribution in [2.45, 2.75) is 0 Å². The first-order valence-corrected chi connectivity index (χ1v) is 20.2. The summed E-state index contributed by atoms with van der Waals surface area (Å²) in [5.41, 5.74) is 9.79. The van der Waals surface area contributed by atoms with Crippen LogP contribution in [0.4, 0.5) is 0 Å². The third-order valence-electron chi connectivity index (χ3n) is 11.7. The summed E-state index contributed by atoms with van der Waals surface area (Å²) in [6.07, 6.45) is 0. The van der Waals surface area contributed by atoms with Gasteiger partial charge in [0.2, 0.25) is 5.89 Å². The number of nitrogens with zero attached hydrogens (tertiary/aromatic N) is 4. The second-order valence-corrected chi connectivity index (χ2v) is 15.4. The SMILES string of the molecule is c1ccc2cc(-c3nc(-c4ccc(-c5cc6oc(-c7cccc8c7oc7ccccc78)nc6c6c5oc5ccccc56)cc4)nc(-c4ccc5ccccc5c4)n3)ccc2c1. The van der Waals surface area contributed by atoms with Gasteiger partial charge in [0.1, 0.15) is 27.8 Å². The van der Waals surface area contributed by atoms with E-state index in [1.54, 1.807) is 0 Å². The van der Waals surface area contributed by atoms with Crippen LogP contribution in [-0.2, 0) is 0 Å². The number of aromatic nitrogens is 4. The Bertz CT molecular complexity index is 3800. The van der Waals surface area contributed by atoms with Crippen LogP contribution in [0.2, 0.25) is 0 Å². The molecule has 0 spiro atoms. The van der Waals surface area contributed by atoms with Crippen molar-refractivity contribution in [3.8, 4) is 56.7 Å². The number of para-hydroxylation sites is 3. The molecule has 13 rings (SSSR count). The van der Waals surface area contributed by atoms with Gasteiger partial charge in [0.15, 0.2) is 23.1 Å². The highest BCUT2D eigenvalue weighted by Gasteiger charge is 2.23. The lowest BCUT2D eigenvalue weighted by atomic mass is 10.00. The quantitative estimate of drug-likeness (QED) is 0.172. The van der Waals surface area contributed by atoms with Gasteiger partial charge in [0, 0.05) is 38.4 Å². The van der Waals surface area contributed by atoms with Crippen molar-refractivity contribution in [2.75, 3.05) is 0 Å². The van der Waals surface area contributed by atoms with Crippen LogP contribution in [0.15, 0.2) is 195 Å². The highest BCUT2D eigenvalue weighted by molar-refractivity contribution is 6.21. The van der Waals surface area contributed by atoms with Crippen LogP contribution in [0, 0.1) is 0 Å². The summed E-state index contributed by atoms with van der Waals surface area (Å²) < 4.78 is 19.7. The van der Waals surface area contributed by atoms with Crippen molar-refractivity contribution in [1.82, 2.24) is 19.9 Å². The van der Waals surface area contributed by atoms with E-state index < -0.39 is 0 Å². The molecule has 0 atom stereocenters. The molecular weight excluding hydrogens is 753 g/mol. The molecular formula is C54H30N4O3. The standard InChI is InChI=1S/C54H30N4O3/c1-3-12-35-28-37(26-20-31(35)10-1)52-56-51(57-53(58-52)38-27-21-32-11-2-4-13-36(32)29-38)34-24-22-33(23-25-34)43-30-46-48(47-41-15-6-8-19-45(41)60-50(43)47)55-54(61-46)42-17-9-16-40-39-14-5-7-18-44(39)59-49(40)42/h1-30H. The van der Waals surface area contributed by atoms with Crippen LogP contribution in [0.5, 0.6) is 0 Å². The molecule has 13 aromatic rings. The molecule has 0 aliphatic carbocycles. The van der Waals surface area contributed by atoms with E-state index >= 15 is 0 Å². The van der Waals surface area contributed by atoms with E-state index in [-0.39, 0.29) is 0 Å². The van der Waals surface area contributed by atoms with E-state index in [4.69, 9.17) is 33.2 Å². The van der Waals surface area contributed by atoms with Gasteiger partial charge >= 0.3 is 0 Å². The van der Waals surface area contributed by atoms with Crippen molar-refractivity contribution in [3.63, 3.8) is 0 Å². The predicted octanol–water partition coefficient (Wildman–Crippen LogP) is 14.5. The molecule has 0 aliphatic rings. The molecule has 4 heterocycles. The molecule has 4 aromatic heterocycles. The van der Waals surface area contributed by atoms with E-state index in [1.807, 2.05) is 66.7 Å². The lowest BCUT2D eigenvalue weighted by molar-refractivity contribution is 0.615. The Hall–Kier alpha value is -8.42. The van der Waals surface area contributed by atoms with E-state index in [2.05, 4.69) is 115 Å². The molecule has 0 N–H and O–H groups in total. The normalized spacial score (nSPS) is 11.9. The van der Waals surface area contributed by atoms with E-state index in [0.717, 1.165) is 104 Å². The number of rotatable bonds is 5. The first kappa shape index (κ1) is 33.5. The van der Waals surface area contributed by atoms with Crippen LogP contribution in [0.3, 0.4) is 0 Å². The maximum Gasteiger partial charge on any atom is 0.231 e. The molecule has 0 saturated carbocycles. The molecule has 61 heavy (non-hydrogen) atoms. The molecule has 0 radical (unpaired) electrons. The summed E-state index contributed by atoms with van der Waals surface area (Å²) in [6.45, 7) is 0. The fraction of sp³-hybridized carbons (Fsp3) is 0. The average molecular weight is 783 g/mol. The van der Waals surface area contributed by atoms with Gasteiger partial charge < -0.3 is 13.3 Å². The second-order valence-electron chi connectivity index (χ2n) is 15.4. The third kappa shape index (κ3) is 5.38. The molecule has 7 nitrogen and oxygen atoms in total. The minimum Gasteiger partial charge on any atom is -0.455 e. The number of benzene rings is 9. The average Bonchev–Trinajstić information content (AvgIpc) is 4.04.